The third-order valence-electron chi connectivity index (χ3n) is 4.39. The summed E-state index contributed by atoms with van der Waals surface area (Å²) < 4.78 is 5.33. The summed E-state index contributed by atoms with van der Waals surface area (Å²) in [4.78, 5) is 25.8. The van der Waals surface area contributed by atoms with Crippen LogP contribution in [0.15, 0.2) is 22.8 Å². The van der Waals surface area contributed by atoms with E-state index in [0.29, 0.717) is 19.5 Å². The molecule has 2 heterocycles. The number of hydrogen-bond acceptors (Lipinski definition) is 3. The average molecular weight is 290 g/mol. The number of likely N-dealkylation sites (tertiary alicyclic amines) is 1. The largest absolute Gasteiger partial charge is 0.469 e. The maximum Gasteiger partial charge on any atom is 0.223 e. The van der Waals surface area contributed by atoms with Gasteiger partial charge in [-0.3, -0.25) is 9.59 Å². The lowest BCUT2D eigenvalue weighted by atomic mass is 10.2. The molecular formula is C16H22N2O3. The minimum absolute atomic E-state index is 0.0379. The summed E-state index contributed by atoms with van der Waals surface area (Å²) in [7, 11) is 0. The Morgan fingerprint density at radius 1 is 1.38 bits per heavy atom. The summed E-state index contributed by atoms with van der Waals surface area (Å²) in [5.41, 5.74) is 0. The zero-order chi connectivity index (χ0) is 14.7. The molecule has 0 spiro atoms. The summed E-state index contributed by atoms with van der Waals surface area (Å²) in [6.45, 7) is 2.00. The van der Waals surface area contributed by atoms with Gasteiger partial charge in [-0.1, -0.05) is 6.42 Å². The summed E-state index contributed by atoms with van der Waals surface area (Å²) >= 11 is 0. The van der Waals surface area contributed by atoms with Crippen molar-refractivity contribution in [1.29, 1.82) is 0 Å². The van der Waals surface area contributed by atoms with E-state index in [2.05, 4.69) is 5.32 Å². The summed E-state index contributed by atoms with van der Waals surface area (Å²) in [6.07, 6.45) is 6.35. The first-order chi connectivity index (χ1) is 10.3. The van der Waals surface area contributed by atoms with E-state index >= 15 is 0 Å². The van der Waals surface area contributed by atoms with Gasteiger partial charge in [0.05, 0.1) is 6.26 Å². The van der Waals surface area contributed by atoms with Crippen LogP contribution in [0.2, 0.25) is 0 Å². The van der Waals surface area contributed by atoms with E-state index in [-0.39, 0.29) is 23.7 Å². The lowest BCUT2D eigenvalue weighted by Gasteiger charge is -2.20. The molecule has 2 fully saturated rings. The molecule has 1 aliphatic heterocycles. The zero-order valence-corrected chi connectivity index (χ0v) is 12.2. The maximum atomic E-state index is 12.0. The average Bonchev–Trinajstić information content (AvgIpc) is 3.16. The smallest absolute Gasteiger partial charge is 0.223 e. The van der Waals surface area contributed by atoms with Crippen LogP contribution in [0.4, 0.5) is 0 Å². The SMILES string of the molecule is O=C(NCCN1CCCCCC1=O)[C@@H]1C[C@@H]1c1ccco1. The van der Waals surface area contributed by atoms with Gasteiger partial charge in [0.1, 0.15) is 5.76 Å². The minimum Gasteiger partial charge on any atom is -0.469 e. The highest BCUT2D eigenvalue weighted by molar-refractivity contribution is 5.82. The standard InChI is InChI=1S/C16H22N2O3/c19-15-6-2-1-3-8-18(15)9-7-17-16(20)13-11-12(13)14-5-4-10-21-14/h4-5,10,12-13H,1-3,6-9,11H2,(H,17,20)/t12-,13+/m0/s1. The van der Waals surface area contributed by atoms with Crippen LogP contribution >= 0.6 is 0 Å². The fraction of sp³-hybridized carbons (Fsp3) is 0.625. The van der Waals surface area contributed by atoms with Crippen LogP contribution in [0.1, 0.15) is 43.8 Å². The summed E-state index contributed by atoms with van der Waals surface area (Å²) in [6, 6.07) is 3.78. The summed E-state index contributed by atoms with van der Waals surface area (Å²) in [5, 5.41) is 2.95. The Morgan fingerprint density at radius 2 is 2.29 bits per heavy atom. The van der Waals surface area contributed by atoms with Crippen LogP contribution in [-0.2, 0) is 9.59 Å². The number of nitrogens with zero attached hydrogens (tertiary/aromatic N) is 1. The van der Waals surface area contributed by atoms with Gasteiger partial charge in [-0.2, -0.15) is 0 Å². The van der Waals surface area contributed by atoms with Crippen molar-refractivity contribution >= 4 is 11.8 Å². The molecule has 1 aliphatic carbocycles. The monoisotopic (exact) mass is 290 g/mol. The van der Waals surface area contributed by atoms with E-state index in [1.54, 1.807) is 6.26 Å². The zero-order valence-electron chi connectivity index (χ0n) is 12.2. The van der Waals surface area contributed by atoms with Gasteiger partial charge in [-0.05, 0) is 31.4 Å². The fourth-order valence-electron chi connectivity index (χ4n) is 3.02. The van der Waals surface area contributed by atoms with Crippen LogP contribution in [0.5, 0.6) is 0 Å². The molecule has 2 aliphatic rings. The maximum absolute atomic E-state index is 12.0. The molecule has 0 radical (unpaired) electrons. The number of carbonyl (C=O) groups excluding carboxylic acids is 2. The first-order valence-electron chi connectivity index (χ1n) is 7.84. The quantitative estimate of drug-likeness (QED) is 0.901. The first-order valence-corrected chi connectivity index (χ1v) is 7.84. The van der Waals surface area contributed by atoms with Gasteiger partial charge in [0.2, 0.25) is 11.8 Å². The first kappa shape index (κ1) is 14.2. The molecule has 1 N–H and O–H groups in total. The lowest BCUT2D eigenvalue weighted by molar-refractivity contribution is -0.131. The number of rotatable bonds is 5. The molecule has 0 bridgehead atoms. The Labute approximate surface area is 124 Å². The number of amides is 2. The number of carbonyl (C=O) groups is 2. The molecule has 1 saturated carbocycles. The second kappa shape index (κ2) is 6.33. The molecule has 2 amide bonds. The van der Waals surface area contributed by atoms with Crippen LogP contribution < -0.4 is 5.32 Å². The van der Waals surface area contributed by atoms with Gasteiger partial charge in [-0.15, -0.1) is 0 Å². The Kier molecular flexibility index (Phi) is 4.27. The van der Waals surface area contributed by atoms with Crippen molar-refractivity contribution < 1.29 is 14.0 Å². The topological polar surface area (TPSA) is 62.6 Å². The molecular weight excluding hydrogens is 268 g/mol. The van der Waals surface area contributed by atoms with Gasteiger partial charge < -0.3 is 14.6 Å². The van der Waals surface area contributed by atoms with Crippen LogP contribution in [-0.4, -0.2) is 36.3 Å². The van der Waals surface area contributed by atoms with Crippen molar-refractivity contribution in [3.63, 3.8) is 0 Å². The molecule has 1 aromatic rings. The molecule has 21 heavy (non-hydrogen) atoms. The van der Waals surface area contributed by atoms with E-state index in [9.17, 15) is 9.59 Å². The molecule has 5 nitrogen and oxygen atoms in total. The molecule has 1 aromatic heterocycles. The number of nitrogens with one attached hydrogen (secondary N) is 1. The molecule has 1 saturated heterocycles. The number of furan rings is 1. The second-order valence-corrected chi connectivity index (χ2v) is 5.95. The molecule has 5 heteroatoms. The van der Waals surface area contributed by atoms with Crippen molar-refractivity contribution in [1.82, 2.24) is 10.2 Å². The highest BCUT2D eigenvalue weighted by atomic mass is 16.3. The van der Waals surface area contributed by atoms with Crippen molar-refractivity contribution in [3.05, 3.63) is 24.2 Å². The Hall–Kier alpha value is -1.78. The lowest BCUT2D eigenvalue weighted by Crippen LogP contribution is -2.38. The second-order valence-electron chi connectivity index (χ2n) is 5.95. The van der Waals surface area contributed by atoms with Gasteiger partial charge in [-0.25, -0.2) is 0 Å². The normalized spacial score (nSPS) is 25.5. The Balaban J connectivity index is 1.39. The molecule has 3 rings (SSSR count). The highest BCUT2D eigenvalue weighted by Gasteiger charge is 2.45. The van der Waals surface area contributed by atoms with Crippen LogP contribution in [0.25, 0.3) is 0 Å². The third-order valence-corrected chi connectivity index (χ3v) is 4.39. The van der Waals surface area contributed by atoms with Crippen molar-refractivity contribution in [2.24, 2.45) is 5.92 Å². The van der Waals surface area contributed by atoms with Gasteiger partial charge >= 0.3 is 0 Å². The number of hydrogen-bond donors (Lipinski definition) is 1. The van der Waals surface area contributed by atoms with E-state index in [1.807, 2.05) is 17.0 Å². The van der Waals surface area contributed by atoms with Crippen molar-refractivity contribution in [3.8, 4) is 0 Å². The van der Waals surface area contributed by atoms with Crippen molar-refractivity contribution in [2.45, 2.75) is 38.0 Å². The highest BCUT2D eigenvalue weighted by Crippen LogP contribution is 2.47. The van der Waals surface area contributed by atoms with E-state index < -0.39 is 0 Å². The van der Waals surface area contributed by atoms with E-state index in [4.69, 9.17) is 4.42 Å². The van der Waals surface area contributed by atoms with E-state index in [0.717, 1.165) is 38.0 Å². The van der Waals surface area contributed by atoms with E-state index in [1.165, 1.54) is 0 Å². The minimum atomic E-state index is 0.0379. The predicted octanol–water partition coefficient (Wildman–Crippen LogP) is 1.90. The molecule has 0 aromatic carbocycles. The molecule has 114 valence electrons. The van der Waals surface area contributed by atoms with Gasteiger partial charge in [0.15, 0.2) is 0 Å². The predicted molar refractivity (Wildman–Crippen MR) is 77.6 cm³/mol. The summed E-state index contributed by atoms with van der Waals surface area (Å²) in [5.74, 6) is 1.48. The fourth-order valence-corrected chi connectivity index (χ4v) is 3.02. The van der Waals surface area contributed by atoms with Crippen molar-refractivity contribution in [2.75, 3.05) is 19.6 Å². The Morgan fingerprint density at radius 3 is 3.10 bits per heavy atom. The Bertz CT molecular complexity index is 498. The van der Waals surface area contributed by atoms with Gasteiger partial charge in [0.25, 0.3) is 0 Å². The molecule has 0 unspecified atom stereocenters. The third kappa shape index (κ3) is 3.46. The van der Waals surface area contributed by atoms with Crippen LogP contribution in [0, 0.1) is 5.92 Å². The molecule has 2 atom stereocenters. The van der Waals surface area contributed by atoms with Gasteiger partial charge in [0, 0.05) is 37.9 Å². The van der Waals surface area contributed by atoms with Crippen LogP contribution in [0.3, 0.4) is 0 Å².